The zero-order valence-electron chi connectivity index (χ0n) is 15.4. The van der Waals surface area contributed by atoms with Gasteiger partial charge in [-0.15, -0.1) is 0 Å². The summed E-state index contributed by atoms with van der Waals surface area (Å²) in [7, 11) is 3.66. The molecule has 0 aliphatic rings. The van der Waals surface area contributed by atoms with Crippen LogP contribution in [0.3, 0.4) is 0 Å². The van der Waals surface area contributed by atoms with Gasteiger partial charge in [0, 0.05) is 25.9 Å². The second-order valence-electron chi connectivity index (χ2n) is 6.48. The minimum absolute atomic E-state index is 0.0175. The molecule has 1 amide bonds. The molecule has 0 radical (unpaired) electrons. The van der Waals surface area contributed by atoms with Crippen molar-refractivity contribution < 1.29 is 4.79 Å². The molecule has 0 saturated carbocycles. The van der Waals surface area contributed by atoms with Gasteiger partial charge in [-0.05, 0) is 53.5 Å². The van der Waals surface area contributed by atoms with Crippen molar-refractivity contribution in [1.82, 2.24) is 24.5 Å². The molecule has 6 nitrogen and oxygen atoms in total. The Labute approximate surface area is 161 Å². The van der Waals surface area contributed by atoms with Crippen molar-refractivity contribution in [2.45, 2.75) is 26.9 Å². The molecule has 26 heavy (non-hydrogen) atoms. The summed E-state index contributed by atoms with van der Waals surface area (Å²) in [6.45, 7) is 5.18. The summed E-state index contributed by atoms with van der Waals surface area (Å²) in [5.74, 6) is -0.0175. The van der Waals surface area contributed by atoms with Crippen LogP contribution in [0.5, 0.6) is 0 Å². The Hall–Kier alpha value is -2.41. The third-order valence-electron chi connectivity index (χ3n) is 4.34. The number of carbonyl (C=O) groups excluding carboxylic acids is 1. The van der Waals surface area contributed by atoms with Crippen molar-refractivity contribution in [1.29, 1.82) is 0 Å². The van der Waals surface area contributed by atoms with Gasteiger partial charge in [0.25, 0.3) is 5.91 Å². The fourth-order valence-corrected chi connectivity index (χ4v) is 3.12. The molecule has 0 aliphatic heterocycles. The van der Waals surface area contributed by atoms with Crippen LogP contribution < -0.4 is 0 Å². The highest BCUT2D eigenvalue weighted by Crippen LogP contribution is 2.20. The quantitative estimate of drug-likeness (QED) is 0.641. The minimum atomic E-state index is -0.0175. The normalized spacial score (nSPS) is 11.0. The molecule has 7 heteroatoms. The van der Waals surface area contributed by atoms with E-state index in [4.69, 9.17) is 0 Å². The SMILES string of the molecule is Cc1nn(Cc2ccc(C(=O)N(C)Cc3ccn(C)n3)cc2)c(C)c1Br. The van der Waals surface area contributed by atoms with Crippen LogP contribution in [-0.2, 0) is 20.1 Å². The van der Waals surface area contributed by atoms with Gasteiger partial charge in [-0.2, -0.15) is 10.2 Å². The van der Waals surface area contributed by atoms with Crippen LogP contribution in [0, 0.1) is 13.8 Å². The van der Waals surface area contributed by atoms with Crippen LogP contribution >= 0.6 is 15.9 Å². The lowest BCUT2D eigenvalue weighted by Gasteiger charge is -2.16. The van der Waals surface area contributed by atoms with Gasteiger partial charge in [0.15, 0.2) is 0 Å². The average molecular weight is 416 g/mol. The monoisotopic (exact) mass is 415 g/mol. The summed E-state index contributed by atoms with van der Waals surface area (Å²) in [4.78, 5) is 14.3. The number of aromatic nitrogens is 4. The first-order chi connectivity index (χ1) is 12.3. The van der Waals surface area contributed by atoms with Crippen LogP contribution in [0.1, 0.15) is 33.0 Å². The summed E-state index contributed by atoms with van der Waals surface area (Å²) in [6, 6.07) is 9.61. The van der Waals surface area contributed by atoms with Crippen LogP contribution in [-0.4, -0.2) is 37.4 Å². The molecular weight excluding hydrogens is 394 g/mol. The van der Waals surface area contributed by atoms with Gasteiger partial charge >= 0.3 is 0 Å². The van der Waals surface area contributed by atoms with Crippen molar-refractivity contribution in [3.8, 4) is 0 Å². The lowest BCUT2D eigenvalue weighted by molar-refractivity contribution is 0.0783. The van der Waals surface area contributed by atoms with Gasteiger partial charge < -0.3 is 4.90 Å². The van der Waals surface area contributed by atoms with Crippen LogP contribution in [0.4, 0.5) is 0 Å². The van der Waals surface area contributed by atoms with E-state index in [0.29, 0.717) is 18.7 Å². The Morgan fingerprint density at radius 2 is 1.85 bits per heavy atom. The smallest absolute Gasteiger partial charge is 0.253 e. The first-order valence-electron chi connectivity index (χ1n) is 8.37. The zero-order chi connectivity index (χ0) is 18.8. The fraction of sp³-hybridized carbons (Fsp3) is 0.316. The Morgan fingerprint density at radius 3 is 2.38 bits per heavy atom. The maximum Gasteiger partial charge on any atom is 0.253 e. The number of carbonyl (C=O) groups is 1. The van der Waals surface area contributed by atoms with E-state index < -0.39 is 0 Å². The second kappa shape index (κ2) is 7.45. The molecule has 0 N–H and O–H groups in total. The molecule has 3 aromatic rings. The summed E-state index contributed by atoms with van der Waals surface area (Å²) in [5, 5.41) is 8.84. The molecule has 3 rings (SSSR count). The lowest BCUT2D eigenvalue weighted by atomic mass is 10.1. The Morgan fingerprint density at radius 1 is 1.15 bits per heavy atom. The second-order valence-corrected chi connectivity index (χ2v) is 7.27. The lowest BCUT2D eigenvalue weighted by Crippen LogP contribution is -2.26. The summed E-state index contributed by atoms with van der Waals surface area (Å²) in [5.41, 5.74) is 4.71. The van der Waals surface area contributed by atoms with E-state index in [1.165, 1.54) is 0 Å². The minimum Gasteiger partial charge on any atom is -0.336 e. The molecular formula is C19H22BrN5O. The van der Waals surface area contributed by atoms with Crippen LogP contribution in [0.2, 0.25) is 0 Å². The highest BCUT2D eigenvalue weighted by Gasteiger charge is 2.14. The van der Waals surface area contributed by atoms with Gasteiger partial charge in [0.2, 0.25) is 0 Å². The van der Waals surface area contributed by atoms with Gasteiger partial charge in [0.1, 0.15) is 0 Å². The van der Waals surface area contributed by atoms with Crippen LogP contribution in [0.15, 0.2) is 41.0 Å². The zero-order valence-corrected chi connectivity index (χ0v) is 17.0. The number of amides is 1. The molecule has 0 saturated heterocycles. The summed E-state index contributed by atoms with van der Waals surface area (Å²) in [6.07, 6.45) is 1.87. The molecule has 0 atom stereocenters. The topological polar surface area (TPSA) is 56.0 Å². The number of nitrogens with zero attached hydrogens (tertiary/aromatic N) is 5. The number of benzene rings is 1. The first-order valence-corrected chi connectivity index (χ1v) is 9.17. The average Bonchev–Trinajstić information content (AvgIpc) is 3.13. The van der Waals surface area contributed by atoms with Gasteiger partial charge in [-0.3, -0.25) is 14.2 Å². The Balaban J connectivity index is 1.68. The predicted molar refractivity (Wildman–Crippen MR) is 104 cm³/mol. The number of hydrogen-bond donors (Lipinski definition) is 0. The van der Waals surface area contributed by atoms with Crippen molar-refractivity contribution in [3.05, 3.63) is 69.2 Å². The van der Waals surface area contributed by atoms with E-state index in [-0.39, 0.29) is 5.91 Å². The molecule has 0 unspecified atom stereocenters. The molecule has 0 bridgehead atoms. The number of halogens is 1. The van der Waals surface area contributed by atoms with Gasteiger partial charge in [-0.1, -0.05) is 12.1 Å². The predicted octanol–water partition coefficient (Wildman–Crippen LogP) is 3.32. The van der Waals surface area contributed by atoms with Crippen molar-refractivity contribution >= 4 is 21.8 Å². The van der Waals surface area contributed by atoms with Crippen molar-refractivity contribution in [3.63, 3.8) is 0 Å². The van der Waals surface area contributed by atoms with E-state index in [0.717, 1.165) is 27.1 Å². The van der Waals surface area contributed by atoms with E-state index in [1.807, 2.05) is 62.1 Å². The molecule has 136 valence electrons. The van der Waals surface area contributed by atoms with E-state index in [1.54, 1.807) is 16.6 Å². The highest BCUT2D eigenvalue weighted by atomic mass is 79.9. The summed E-state index contributed by atoms with van der Waals surface area (Å²) < 4.78 is 4.74. The fourth-order valence-electron chi connectivity index (χ4n) is 2.84. The largest absolute Gasteiger partial charge is 0.336 e. The maximum atomic E-state index is 12.6. The third kappa shape index (κ3) is 3.88. The maximum absolute atomic E-state index is 12.6. The molecule has 0 spiro atoms. The Kier molecular flexibility index (Phi) is 5.27. The van der Waals surface area contributed by atoms with Crippen LogP contribution in [0.25, 0.3) is 0 Å². The van der Waals surface area contributed by atoms with Crippen molar-refractivity contribution in [2.75, 3.05) is 7.05 Å². The van der Waals surface area contributed by atoms with Gasteiger partial charge in [0.05, 0.1) is 34.6 Å². The van der Waals surface area contributed by atoms with Crippen molar-refractivity contribution in [2.24, 2.45) is 7.05 Å². The molecule has 2 heterocycles. The van der Waals surface area contributed by atoms with E-state index in [2.05, 4.69) is 26.1 Å². The van der Waals surface area contributed by atoms with Gasteiger partial charge in [-0.25, -0.2) is 0 Å². The van der Waals surface area contributed by atoms with E-state index in [9.17, 15) is 4.79 Å². The number of aryl methyl sites for hydroxylation is 2. The highest BCUT2D eigenvalue weighted by molar-refractivity contribution is 9.10. The number of hydrogen-bond acceptors (Lipinski definition) is 3. The first kappa shape index (κ1) is 18.4. The Bertz CT molecular complexity index is 926. The summed E-state index contributed by atoms with van der Waals surface area (Å²) >= 11 is 3.55. The molecule has 0 aliphatic carbocycles. The molecule has 0 fully saturated rings. The van der Waals surface area contributed by atoms with E-state index >= 15 is 0 Å². The molecule has 2 aromatic heterocycles. The third-order valence-corrected chi connectivity index (χ3v) is 5.49. The standard InChI is InChI=1S/C19H22BrN5O/c1-13-18(20)14(2)25(21-13)11-15-5-7-16(8-6-15)19(26)23(3)12-17-9-10-24(4)22-17/h5-10H,11-12H2,1-4H3. The molecule has 1 aromatic carbocycles. The number of rotatable bonds is 5.